The summed E-state index contributed by atoms with van der Waals surface area (Å²) in [7, 11) is 0. The zero-order chi connectivity index (χ0) is 15.2. The number of aryl methyl sites for hydroxylation is 1. The van der Waals surface area contributed by atoms with Crippen LogP contribution in [0.3, 0.4) is 0 Å². The van der Waals surface area contributed by atoms with Gasteiger partial charge in [-0.1, -0.05) is 35.5 Å². The van der Waals surface area contributed by atoms with Crippen molar-refractivity contribution in [2.75, 3.05) is 0 Å². The predicted molar refractivity (Wildman–Crippen MR) is 71.2 cm³/mol. The van der Waals surface area contributed by atoms with Crippen molar-refractivity contribution in [2.24, 2.45) is 0 Å². The molecule has 0 radical (unpaired) electrons. The summed E-state index contributed by atoms with van der Waals surface area (Å²) in [4.78, 5) is 26.9. The first-order valence-corrected chi connectivity index (χ1v) is 6.17. The summed E-state index contributed by atoms with van der Waals surface area (Å²) >= 11 is 0. The second kappa shape index (κ2) is 6.51. The number of hydrogen-bond acceptors (Lipinski definition) is 5. The third-order valence-electron chi connectivity index (χ3n) is 2.63. The zero-order valence-corrected chi connectivity index (χ0v) is 11.2. The van der Waals surface area contributed by atoms with Crippen LogP contribution in [-0.2, 0) is 11.3 Å². The third-order valence-corrected chi connectivity index (χ3v) is 2.63. The molecule has 21 heavy (non-hydrogen) atoms. The van der Waals surface area contributed by atoms with E-state index in [0.29, 0.717) is 11.4 Å². The van der Waals surface area contributed by atoms with Crippen molar-refractivity contribution in [3.05, 3.63) is 47.6 Å². The minimum Gasteiger partial charge on any atom is -0.479 e. The Balaban J connectivity index is 1.94. The molecule has 110 valence electrons. The number of hydrogen-bond donors (Lipinski definition) is 3. The van der Waals surface area contributed by atoms with Gasteiger partial charge in [0.1, 0.15) is 0 Å². The van der Waals surface area contributed by atoms with E-state index in [1.165, 1.54) is 0 Å². The number of urea groups is 1. The number of rotatable bonds is 5. The number of nitrogens with one attached hydrogen (secondary N) is 2. The molecule has 1 aromatic heterocycles. The molecule has 0 aliphatic heterocycles. The molecular weight excluding hydrogens is 276 g/mol. The maximum absolute atomic E-state index is 11.7. The second-order valence-electron chi connectivity index (χ2n) is 4.24. The Kier molecular flexibility index (Phi) is 4.50. The van der Waals surface area contributed by atoms with Gasteiger partial charge in [0.05, 0.1) is 6.54 Å². The molecule has 1 aromatic carbocycles. The Labute approximate surface area is 120 Å². The lowest BCUT2D eigenvalue weighted by Crippen LogP contribution is -2.40. The van der Waals surface area contributed by atoms with Crippen LogP contribution in [0, 0.1) is 6.92 Å². The van der Waals surface area contributed by atoms with Gasteiger partial charge >= 0.3 is 12.0 Å². The van der Waals surface area contributed by atoms with Crippen molar-refractivity contribution in [1.82, 2.24) is 20.8 Å². The Morgan fingerprint density at radius 2 is 2.05 bits per heavy atom. The van der Waals surface area contributed by atoms with Crippen LogP contribution in [0.25, 0.3) is 0 Å². The molecule has 0 spiro atoms. The quantitative estimate of drug-likeness (QED) is 0.756. The van der Waals surface area contributed by atoms with Crippen LogP contribution in [0.4, 0.5) is 4.79 Å². The monoisotopic (exact) mass is 290 g/mol. The Morgan fingerprint density at radius 3 is 2.62 bits per heavy atom. The van der Waals surface area contributed by atoms with Gasteiger partial charge in [-0.3, -0.25) is 0 Å². The lowest BCUT2D eigenvalue weighted by molar-refractivity contribution is -0.139. The van der Waals surface area contributed by atoms with E-state index in [0.717, 1.165) is 0 Å². The van der Waals surface area contributed by atoms with Crippen LogP contribution in [-0.4, -0.2) is 27.2 Å². The van der Waals surface area contributed by atoms with Crippen molar-refractivity contribution in [3.8, 4) is 0 Å². The van der Waals surface area contributed by atoms with E-state index >= 15 is 0 Å². The molecule has 2 rings (SSSR count). The van der Waals surface area contributed by atoms with Crippen molar-refractivity contribution >= 4 is 12.0 Å². The minimum atomic E-state index is -1.15. The summed E-state index contributed by atoms with van der Waals surface area (Å²) in [5.41, 5.74) is 0.480. The molecule has 2 aromatic rings. The Bertz CT molecular complexity index is 626. The molecule has 0 unspecified atom stereocenters. The van der Waals surface area contributed by atoms with Crippen LogP contribution < -0.4 is 10.6 Å². The number of benzene rings is 1. The average Bonchev–Trinajstić information content (AvgIpc) is 2.89. The highest BCUT2D eigenvalue weighted by Gasteiger charge is 2.21. The van der Waals surface area contributed by atoms with Gasteiger partial charge in [-0.25, -0.2) is 9.59 Å². The van der Waals surface area contributed by atoms with Crippen molar-refractivity contribution in [2.45, 2.75) is 19.5 Å². The standard InChI is InChI=1S/C13H14N4O4/c1-8-15-10(21-17-8)7-14-13(20)16-11(12(18)19)9-5-3-2-4-6-9/h2-6,11H,7H2,1H3,(H,18,19)(H2,14,16,20)/t11-/m0/s1. The van der Waals surface area contributed by atoms with E-state index in [2.05, 4.69) is 20.8 Å². The molecule has 8 nitrogen and oxygen atoms in total. The van der Waals surface area contributed by atoms with E-state index in [9.17, 15) is 14.7 Å². The van der Waals surface area contributed by atoms with Crippen molar-refractivity contribution in [3.63, 3.8) is 0 Å². The lowest BCUT2D eigenvalue weighted by Gasteiger charge is -2.14. The summed E-state index contributed by atoms with van der Waals surface area (Å²) in [6.45, 7) is 1.68. The highest BCUT2D eigenvalue weighted by Crippen LogP contribution is 2.12. The fraction of sp³-hybridized carbons (Fsp3) is 0.231. The van der Waals surface area contributed by atoms with Crippen LogP contribution >= 0.6 is 0 Å². The van der Waals surface area contributed by atoms with Gasteiger partial charge in [-0.05, 0) is 12.5 Å². The summed E-state index contributed by atoms with van der Waals surface area (Å²) in [6.07, 6.45) is 0. The first-order valence-electron chi connectivity index (χ1n) is 6.17. The van der Waals surface area contributed by atoms with Crippen molar-refractivity contribution in [1.29, 1.82) is 0 Å². The first kappa shape index (κ1) is 14.5. The van der Waals surface area contributed by atoms with Crippen LogP contribution in [0.2, 0.25) is 0 Å². The SMILES string of the molecule is Cc1noc(CNC(=O)N[C@H](C(=O)O)c2ccccc2)n1. The molecular formula is C13H14N4O4. The Hall–Kier alpha value is -2.90. The number of carbonyl (C=O) groups is 2. The molecule has 0 saturated heterocycles. The molecule has 3 N–H and O–H groups in total. The van der Waals surface area contributed by atoms with E-state index in [4.69, 9.17) is 4.52 Å². The number of nitrogens with zero attached hydrogens (tertiary/aromatic N) is 2. The van der Waals surface area contributed by atoms with E-state index in [1.807, 2.05) is 0 Å². The molecule has 0 aliphatic rings. The van der Waals surface area contributed by atoms with Gasteiger partial charge in [0.25, 0.3) is 0 Å². The Morgan fingerprint density at radius 1 is 1.33 bits per heavy atom. The topological polar surface area (TPSA) is 117 Å². The largest absolute Gasteiger partial charge is 0.479 e. The van der Waals surface area contributed by atoms with Gasteiger partial charge in [0, 0.05) is 0 Å². The predicted octanol–water partition coefficient (Wildman–Crippen LogP) is 1.00. The maximum atomic E-state index is 11.7. The smallest absolute Gasteiger partial charge is 0.330 e. The number of carboxylic acid groups (broad SMARTS) is 1. The number of aliphatic carboxylic acids is 1. The van der Waals surface area contributed by atoms with Gasteiger partial charge in [-0.15, -0.1) is 0 Å². The molecule has 0 fully saturated rings. The summed E-state index contributed by atoms with van der Waals surface area (Å²) in [5.74, 6) is -0.445. The molecule has 0 bridgehead atoms. The second-order valence-corrected chi connectivity index (χ2v) is 4.24. The van der Waals surface area contributed by atoms with Crippen LogP contribution in [0.1, 0.15) is 23.3 Å². The van der Waals surface area contributed by atoms with Crippen molar-refractivity contribution < 1.29 is 19.2 Å². The third kappa shape index (κ3) is 4.03. The van der Waals surface area contributed by atoms with Crippen LogP contribution in [0.15, 0.2) is 34.9 Å². The highest BCUT2D eigenvalue weighted by molar-refractivity contribution is 5.83. The molecule has 0 aliphatic carbocycles. The number of aromatic nitrogens is 2. The fourth-order valence-electron chi connectivity index (χ4n) is 1.68. The number of carboxylic acids is 1. The van der Waals surface area contributed by atoms with Gasteiger partial charge in [-0.2, -0.15) is 4.98 Å². The molecule has 1 atom stereocenters. The fourth-order valence-corrected chi connectivity index (χ4v) is 1.68. The van der Waals surface area contributed by atoms with Crippen LogP contribution in [0.5, 0.6) is 0 Å². The summed E-state index contributed by atoms with van der Waals surface area (Å²) < 4.78 is 4.83. The number of carbonyl (C=O) groups excluding carboxylic acids is 1. The lowest BCUT2D eigenvalue weighted by atomic mass is 10.1. The highest BCUT2D eigenvalue weighted by atomic mass is 16.5. The zero-order valence-electron chi connectivity index (χ0n) is 11.2. The minimum absolute atomic E-state index is 0.0216. The van der Waals surface area contributed by atoms with E-state index in [-0.39, 0.29) is 12.4 Å². The molecule has 0 saturated carbocycles. The van der Waals surface area contributed by atoms with Gasteiger partial charge in [0.2, 0.25) is 5.89 Å². The summed E-state index contributed by atoms with van der Waals surface area (Å²) in [6, 6.07) is 6.65. The van der Waals surface area contributed by atoms with Gasteiger partial charge in [0.15, 0.2) is 11.9 Å². The number of amides is 2. The normalized spacial score (nSPS) is 11.7. The average molecular weight is 290 g/mol. The summed E-state index contributed by atoms with van der Waals surface area (Å²) in [5, 5.41) is 17.6. The van der Waals surface area contributed by atoms with E-state index < -0.39 is 18.0 Å². The first-order chi connectivity index (χ1) is 10.1. The van der Waals surface area contributed by atoms with Gasteiger partial charge < -0.3 is 20.3 Å². The van der Waals surface area contributed by atoms with E-state index in [1.54, 1.807) is 37.3 Å². The molecule has 2 amide bonds. The molecule has 1 heterocycles. The maximum Gasteiger partial charge on any atom is 0.330 e. The molecule has 8 heteroatoms.